The molecule has 0 saturated heterocycles. The van der Waals surface area contributed by atoms with E-state index in [4.69, 9.17) is 0 Å². The van der Waals surface area contributed by atoms with Crippen LogP contribution in [0.3, 0.4) is 0 Å². The number of anilines is 1. The van der Waals surface area contributed by atoms with E-state index < -0.39 is 0 Å². The molecule has 1 amide bonds. The van der Waals surface area contributed by atoms with Crippen LogP contribution in [0.2, 0.25) is 0 Å². The minimum absolute atomic E-state index is 0.0892. The Hall–Kier alpha value is -2.96. The Labute approximate surface area is 158 Å². The van der Waals surface area contributed by atoms with E-state index in [1.54, 1.807) is 18.3 Å². The van der Waals surface area contributed by atoms with Crippen molar-refractivity contribution < 1.29 is 9.72 Å². The SMILES string of the molecule is CC(=O)Nc1ncc(C(C2C=CC(C)C2)C(C)c2ccc([N+](=O)[O-])cc2)[nH]1. The van der Waals surface area contributed by atoms with Gasteiger partial charge in [0.25, 0.3) is 5.69 Å². The van der Waals surface area contributed by atoms with E-state index in [0.29, 0.717) is 17.8 Å². The number of nitro benzene ring substituents is 1. The van der Waals surface area contributed by atoms with Crippen molar-refractivity contribution in [2.45, 2.75) is 39.0 Å². The number of imidazole rings is 1. The lowest BCUT2D eigenvalue weighted by Gasteiger charge is -2.28. The molecule has 4 atom stereocenters. The first-order valence-electron chi connectivity index (χ1n) is 9.10. The number of H-pyrrole nitrogens is 1. The molecule has 0 radical (unpaired) electrons. The van der Waals surface area contributed by atoms with Crippen molar-refractivity contribution in [2.24, 2.45) is 11.8 Å². The molecule has 2 aromatic rings. The Kier molecular flexibility index (Phi) is 5.39. The van der Waals surface area contributed by atoms with E-state index in [1.165, 1.54) is 6.92 Å². The number of nitrogens with zero attached hydrogens (tertiary/aromatic N) is 2. The number of benzene rings is 1. The number of amides is 1. The summed E-state index contributed by atoms with van der Waals surface area (Å²) < 4.78 is 0. The summed E-state index contributed by atoms with van der Waals surface area (Å²) >= 11 is 0. The van der Waals surface area contributed by atoms with Crippen molar-refractivity contribution in [3.63, 3.8) is 0 Å². The summed E-state index contributed by atoms with van der Waals surface area (Å²) in [5, 5.41) is 13.6. The minimum Gasteiger partial charge on any atom is -0.328 e. The predicted molar refractivity (Wildman–Crippen MR) is 104 cm³/mol. The summed E-state index contributed by atoms with van der Waals surface area (Å²) in [7, 11) is 0. The lowest BCUT2D eigenvalue weighted by Crippen LogP contribution is -2.18. The first-order chi connectivity index (χ1) is 12.8. The molecular weight excluding hydrogens is 344 g/mol. The smallest absolute Gasteiger partial charge is 0.269 e. The Morgan fingerprint density at radius 1 is 1.33 bits per heavy atom. The Morgan fingerprint density at radius 2 is 2.04 bits per heavy atom. The van der Waals surface area contributed by atoms with Crippen molar-refractivity contribution in [3.8, 4) is 0 Å². The van der Waals surface area contributed by atoms with Crippen molar-refractivity contribution in [1.82, 2.24) is 9.97 Å². The van der Waals surface area contributed by atoms with Gasteiger partial charge in [-0.25, -0.2) is 4.98 Å². The van der Waals surface area contributed by atoms with Crippen molar-refractivity contribution in [2.75, 3.05) is 5.32 Å². The second-order valence-electron chi connectivity index (χ2n) is 7.29. The molecule has 3 rings (SSSR count). The number of nitrogens with one attached hydrogen (secondary N) is 2. The van der Waals surface area contributed by atoms with Crippen LogP contribution in [0.15, 0.2) is 42.6 Å². The van der Waals surface area contributed by atoms with Gasteiger partial charge < -0.3 is 4.98 Å². The standard InChI is InChI=1S/C20H24N4O3/c1-12-4-5-16(10-12)19(18-11-21-20(23-18)22-14(3)25)13(2)15-6-8-17(9-7-15)24(26)27/h4-9,11-13,16,19H,10H2,1-3H3,(H2,21,22,23,25). The highest BCUT2D eigenvalue weighted by molar-refractivity contribution is 5.86. The van der Waals surface area contributed by atoms with Crippen LogP contribution >= 0.6 is 0 Å². The van der Waals surface area contributed by atoms with Crippen molar-refractivity contribution in [1.29, 1.82) is 0 Å². The average molecular weight is 368 g/mol. The van der Waals surface area contributed by atoms with Gasteiger partial charge in [0.2, 0.25) is 11.9 Å². The quantitative estimate of drug-likeness (QED) is 0.449. The molecule has 7 nitrogen and oxygen atoms in total. The normalized spacial score (nSPS) is 21.0. The maximum atomic E-state index is 11.3. The fourth-order valence-electron chi connectivity index (χ4n) is 3.90. The van der Waals surface area contributed by atoms with Gasteiger partial charge in [0.05, 0.1) is 11.1 Å². The van der Waals surface area contributed by atoms with Crippen molar-refractivity contribution >= 4 is 17.5 Å². The highest BCUT2D eigenvalue weighted by Crippen LogP contribution is 2.44. The molecular formula is C20H24N4O3. The van der Waals surface area contributed by atoms with Gasteiger partial charge in [-0.05, 0) is 29.7 Å². The molecule has 142 valence electrons. The number of carbonyl (C=O) groups is 1. The van der Waals surface area contributed by atoms with E-state index >= 15 is 0 Å². The number of aromatic amines is 1. The number of hydrogen-bond donors (Lipinski definition) is 2. The maximum absolute atomic E-state index is 11.3. The second-order valence-corrected chi connectivity index (χ2v) is 7.29. The lowest BCUT2D eigenvalue weighted by molar-refractivity contribution is -0.384. The second kappa shape index (κ2) is 7.73. The molecule has 0 aliphatic heterocycles. The van der Waals surface area contributed by atoms with Gasteiger partial charge in [-0.15, -0.1) is 0 Å². The molecule has 0 spiro atoms. The van der Waals surface area contributed by atoms with E-state index in [0.717, 1.165) is 17.7 Å². The average Bonchev–Trinajstić information content (AvgIpc) is 3.24. The van der Waals surface area contributed by atoms with Gasteiger partial charge in [-0.1, -0.05) is 38.1 Å². The highest BCUT2D eigenvalue weighted by atomic mass is 16.6. The third-order valence-corrected chi connectivity index (χ3v) is 5.21. The van der Waals surface area contributed by atoms with Crippen LogP contribution in [-0.2, 0) is 4.79 Å². The summed E-state index contributed by atoms with van der Waals surface area (Å²) in [6, 6.07) is 6.74. The number of allylic oxidation sites excluding steroid dienone is 2. The Bertz CT molecular complexity index is 856. The molecule has 7 heteroatoms. The monoisotopic (exact) mass is 368 g/mol. The number of nitro groups is 1. The number of rotatable bonds is 6. The maximum Gasteiger partial charge on any atom is 0.269 e. The van der Waals surface area contributed by atoms with E-state index in [2.05, 4.69) is 41.3 Å². The summed E-state index contributed by atoms with van der Waals surface area (Å²) in [6.07, 6.45) is 7.28. The molecule has 27 heavy (non-hydrogen) atoms. The van der Waals surface area contributed by atoms with Crippen LogP contribution in [0.1, 0.15) is 50.3 Å². The molecule has 4 unspecified atom stereocenters. The van der Waals surface area contributed by atoms with Crippen LogP contribution < -0.4 is 5.32 Å². The van der Waals surface area contributed by atoms with Crippen molar-refractivity contribution in [3.05, 3.63) is 64.0 Å². The van der Waals surface area contributed by atoms with E-state index in [-0.39, 0.29) is 28.4 Å². The van der Waals surface area contributed by atoms with Crippen LogP contribution in [0.25, 0.3) is 0 Å². The van der Waals surface area contributed by atoms with E-state index in [1.807, 2.05) is 12.1 Å². The topological polar surface area (TPSA) is 101 Å². The first-order valence-corrected chi connectivity index (χ1v) is 9.10. The van der Waals surface area contributed by atoms with Crippen LogP contribution in [0.5, 0.6) is 0 Å². The Morgan fingerprint density at radius 3 is 2.59 bits per heavy atom. The number of carbonyl (C=O) groups excluding carboxylic acids is 1. The third-order valence-electron chi connectivity index (χ3n) is 5.21. The highest BCUT2D eigenvalue weighted by Gasteiger charge is 2.32. The molecule has 2 N–H and O–H groups in total. The predicted octanol–water partition coefficient (Wildman–Crippen LogP) is 4.38. The zero-order chi connectivity index (χ0) is 19.6. The first kappa shape index (κ1) is 18.8. The fraction of sp³-hybridized carbons (Fsp3) is 0.400. The molecule has 1 aromatic carbocycles. The number of hydrogen-bond acceptors (Lipinski definition) is 4. The van der Waals surface area contributed by atoms with Gasteiger partial charge >= 0.3 is 0 Å². The summed E-state index contributed by atoms with van der Waals surface area (Å²) in [4.78, 5) is 29.3. The number of non-ortho nitro benzene ring substituents is 1. The summed E-state index contributed by atoms with van der Waals surface area (Å²) in [6.45, 7) is 5.77. The molecule has 0 bridgehead atoms. The summed E-state index contributed by atoms with van der Waals surface area (Å²) in [5.41, 5.74) is 2.08. The molecule has 1 heterocycles. The van der Waals surface area contributed by atoms with Gasteiger partial charge in [-0.3, -0.25) is 20.2 Å². The summed E-state index contributed by atoms with van der Waals surface area (Å²) in [5.74, 6) is 1.35. The zero-order valence-corrected chi connectivity index (χ0v) is 15.7. The third kappa shape index (κ3) is 4.24. The van der Waals surface area contributed by atoms with Crippen LogP contribution in [-0.4, -0.2) is 20.8 Å². The molecule has 1 aliphatic carbocycles. The zero-order valence-electron chi connectivity index (χ0n) is 15.7. The van der Waals surface area contributed by atoms with Crippen LogP contribution in [0, 0.1) is 22.0 Å². The van der Waals surface area contributed by atoms with Crippen LogP contribution in [0.4, 0.5) is 11.6 Å². The van der Waals surface area contributed by atoms with Gasteiger partial charge in [-0.2, -0.15) is 0 Å². The van der Waals surface area contributed by atoms with Gasteiger partial charge in [0.15, 0.2) is 0 Å². The van der Waals surface area contributed by atoms with E-state index in [9.17, 15) is 14.9 Å². The van der Waals surface area contributed by atoms with Gasteiger partial charge in [0.1, 0.15) is 0 Å². The largest absolute Gasteiger partial charge is 0.328 e. The molecule has 0 saturated carbocycles. The lowest BCUT2D eigenvalue weighted by atomic mass is 9.76. The molecule has 0 fully saturated rings. The van der Waals surface area contributed by atoms with Gasteiger partial charge in [0, 0.05) is 30.7 Å². The Balaban J connectivity index is 1.91. The molecule has 1 aromatic heterocycles. The molecule has 1 aliphatic rings. The fourth-order valence-corrected chi connectivity index (χ4v) is 3.90. The number of aromatic nitrogens is 2. The minimum atomic E-state index is -0.387.